The molecule has 0 aromatic heterocycles. The van der Waals surface area contributed by atoms with Crippen molar-refractivity contribution >= 4 is 12.2 Å². The van der Waals surface area contributed by atoms with Crippen molar-refractivity contribution in [3.63, 3.8) is 0 Å². The second-order valence-corrected chi connectivity index (χ2v) is 6.92. The van der Waals surface area contributed by atoms with Gasteiger partial charge >= 0.3 is 5.97 Å². The Morgan fingerprint density at radius 1 is 1.32 bits per heavy atom. The van der Waals surface area contributed by atoms with Crippen molar-refractivity contribution in [1.82, 2.24) is 0 Å². The summed E-state index contributed by atoms with van der Waals surface area (Å²) in [5.41, 5.74) is 5.48. The van der Waals surface area contributed by atoms with E-state index in [1.54, 1.807) is 13.1 Å². The summed E-state index contributed by atoms with van der Waals surface area (Å²) in [6, 6.07) is -0.699. The van der Waals surface area contributed by atoms with Gasteiger partial charge in [0.15, 0.2) is 0 Å². The van der Waals surface area contributed by atoms with Gasteiger partial charge in [-0.25, -0.2) is 4.79 Å². The number of hydrogen-bond donors (Lipinski definition) is 1. The normalized spacial score (nSPS) is 21.4. The second-order valence-electron chi connectivity index (χ2n) is 6.92. The molecule has 22 heavy (non-hydrogen) atoms. The summed E-state index contributed by atoms with van der Waals surface area (Å²) in [6.45, 7) is 12.6. The molecule has 122 valence electrons. The van der Waals surface area contributed by atoms with Crippen LogP contribution in [-0.4, -0.2) is 23.3 Å². The van der Waals surface area contributed by atoms with Crippen LogP contribution in [0.15, 0.2) is 39.4 Å². The summed E-state index contributed by atoms with van der Waals surface area (Å²) in [7, 11) is 0. The maximum absolute atomic E-state index is 10.7. The number of nitrogens with zero attached hydrogens (tertiary/aromatic N) is 1. The first kappa shape index (κ1) is 18.4. The predicted octanol–water partition coefficient (Wildman–Crippen LogP) is 4.95. The quantitative estimate of drug-likeness (QED) is 0.577. The number of allylic oxidation sites excluding steroid dienone is 6. The summed E-state index contributed by atoms with van der Waals surface area (Å²) < 4.78 is 0. The molecule has 0 aromatic carbocycles. The molecule has 0 saturated heterocycles. The zero-order valence-corrected chi connectivity index (χ0v) is 14.7. The fraction of sp³-hybridized carbons (Fsp3) is 0.579. The largest absolute Gasteiger partial charge is 0.480 e. The Bertz CT molecular complexity index is 548. The van der Waals surface area contributed by atoms with Crippen LogP contribution in [0.1, 0.15) is 60.8 Å². The maximum Gasteiger partial charge on any atom is 0.328 e. The van der Waals surface area contributed by atoms with E-state index in [9.17, 15) is 4.79 Å². The Kier molecular flexibility index (Phi) is 6.34. The van der Waals surface area contributed by atoms with E-state index < -0.39 is 12.0 Å². The average molecular weight is 303 g/mol. The van der Waals surface area contributed by atoms with Gasteiger partial charge in [-0.2, -0.15) is 0 Å². The highest BCUT2D eigenvalue weighted by atomic mass is 16.4. The molecule has 0 radical (unpaired) electrons. The maximum atomic E-state index is 10.7. The molecule has 0 fully saturated rings. The molecular formula is C19H29NO2. The lowest BCUT2D eigenvalue weighted by molar-refractivity contribution is -0.137. The van der Waals surface area contributed by atoms with Crippen LogP contribution in [0.2, 0.25) is 0 Å². The monoisotopic (exact) mass is 303 g/mol. The Balaban J connectivity index is 2.94. The molecule has 1 atom stereocenters. The van der Waals surface area contributed by atoms with Crippen LogP contribution in [0, 0.1) is 5.41 Å². The van der Waals surface area contributed by atoms with Gasteiger partial charge in [0.25, 0.3) is 0 Å². The Morgan fingerprint density at radius 3 is 2.50 bits per heavy atom. The summed E-state index contributed by atoms with van der Waals surface area (Å²) in [4.78, 5) is 14.7. The van der Waals surface area contributed by atoms with Gasteiger partial charge in [0.05, 0.1) is 0 Å². The highest BCUT2D eigenvalue weighted by Crippen LogP contribution is 2.41. The summed E-state index contributed by atoms with van der Waals surface area (Å²) in [5.74, 6) is -0.903. The molecule has 0 unspecified atom stereocenters. The van der Waals surface area contributed by atoms with Crippen molar-refractivity contribution in [1.29, 1.82) is 0 Å². The number of carboxylic acid groups (broad SMARTS) is 1. The van der Waals surface area contributed by atoms with Gasteiger partial charge in [-0.3, -0.25) is 4.99 Å². The van der Waals surface area contributed by atoms with E-state index in [1.165, 1.54) is 36.0 Å². The highest BCUT2D eigenvalue weighted by molar-refractivity contribution is 5.79. The van der Waals surface area contributed by atoms with Crippen LogP contribution in [0.5, 0.6) is 0 Å². The third-order valence-corrected chi connectivity index (χ3v) is 4.52. The molecule has 0 aliphatic heterocycles. The summed E-state index contributed by atoms with van der Waals surface area (Å²) >= 11 is 0. The molecule has 0 saturated carbocycles. The molecule has 0 bridgehead atoms. The molecule has 0 heterocycles. The average Bonchev–Trinajstić information content (AvgIpc) is 2.42. The van der Waals surface area contributed by atoms with Gasteiger partial charge < -0.3 is 5.11 Å². The molecular weight excluding hydrogens is 274 g/mol. The Hall–Kier alpha value is -1.64. The van der Waals surface area contributed by atoms with Gasteiger partial charge in [-0.1, -0.05) is 25.5 Å². The third kappa shape index (κ3) is 4.97. The van der Waals surface area contributed by atoms with E-state index in [0.29, 0.717) is 0 Å². The van der Waals surface area contributed by atoms with Gasteiger partial charge in [0, 0.05) is 6.21 Å². The molecule has 1 rings (SSSR count). The van der Waals surface area contributed by atoms with E-state index in [0.717, 1.165) is 5.57 Å². The molecule has 3 nitrogen and oxygen atoms in total. The molecule has 0 amide bonds. The number of hydrogen-bond acceptors (Lipinski definition) is 2. The molecule has 3 heteroatoms. The standard InChI is InChI=1S/C19H29NO2/c1-13(9-11-20-16(4)18(21)22)15(3)12-17-14(2)8-7-10-19(17,5)6/h9,11-12,16H,7-8,10H2,1-6H3,(H,21,22)/b13-9+,15-12+,20-11-/t16-/m0/s1. The highest BCUT2D eigenvalue weighted by Gasteiger charge is 2.26. The van der Waals surface area contributed by atoms with E-state index in [1.807, 2.05) is 13.0 Å². The molecule has 1 aliphatic rings. The molecule has 1 N–H and O–H groups in total. The van der Waals surface area contributed by atoms with Crippen molar-refractivity contribution in [3.8, 4) is 0 Å². The fourth-order valence-corrected chi connectivity index (χ4v) is 2.77. The van der Waals surface area contributed by atoms with Crippen LogP contribution in [0.25, 0.3) is 0 Å². The Morgan fingerprint density at radius 2 is 1.95 bits per heavy atom. The first-order chi connectivity index (χ1) is 10.1. The van der Waals surface area contributed by atoms with Crippen LogP contribution in [-0.2, 0) is 4.79 Å². The van der Waals surface area contributed by atoms with E-state index >= 15 is 0 Å². The number of carbonyl (C=O) groups is 1. The van der Waals surface area contributed by atoms with Gasteiger partial charge in [0.1, 0.15) is 6.04 Å². The van der Waals surface area contributed by atoms with Gasteiger partial charge in [0.2, 0.25) is 0 Å². The van der Waals surface area contributed by atoms with Crippen molar-refractivity contribution < 1.29 is 9.90 Å². The lowest BCUT2D eigenvalue weighted by atomic mass is 9.72. The summed E-state index contributed by atoms with van der Waals surface area (Å²) in [6.07, 6.45) is 9.45. The molecule has 1 aliphatic carbocycles. The van der Waals surface area contributed by atoms with Crippen LogP contribution in [0.3, 0.4) is 0 Å². The Labute approximate surface area is 134 Å². The zero-order valence-electron chi connectivity index (χ0n) is 14.7. The number of aliphatic carboxylic acids is 1. The lowest BCUT2D eigenvalue weighted by Gasteiger charge is -2.33. The summed E-state index contributed by atoms with van der Waals surface area (Å²) in [5, 5.41) is 8.81. The second kappa shape index (κ2) is 7.57. The van der Waals surface area contributed by atoms with Crippen molar-refractivity contribution in [3.05, 3.63) is 34.4 Å². The number of carboxylic acids is 1. The SMILES string of the molecule is CC1=C(/C=C(C)/C(C)=C/C=N\[C@@H](C)C(=O)O)C(C)(C)CCC1. The van der Waals surface area contributed by atoms with Crippen molar-refractivity contribution in [2.45, 2.75) is 66.8 Å². The van der Waals surface area contributed by atoms with E-state index in [4.69, 9.17) is 5.11 Å². The predicted molar refractivity (Wildman–Crippen MR) is 93.4 cm³/mol. The zero-order chi connectivity index (χ0) is 16.9. The number of rotatable bonds is 5. The van der Waals surface area contributed by atoms with Crippen molar-refractivity contribution in [2.24, 2.45) is 10.4 Å². The topological polar surface area (TPSA) is 49.7 Å². The minimum absolute atomic E-state index is 0.232. The first-order valence-electron chi connectivity index (χ1n) is 7.97. The van der Waals surface area contributed by atoms with Gasteiger partial charge in [-0.05, 0) is 75.2 Å². The fourth-order valence-electron chi connectivity index (χ4n) is 2.77. The smallest absolute Gasteiger partial charge is 0.328 e. The van der Waals surface area contributed by atoms with Gasteiger partial charge in [-0.15, -0.1) is 0 Å². The third-order valence-electron chi connectivity index (χ3n) is 4.52. The molecule has 0 aromatic rings. The van der Waals surface area contributed by atoms with Crippen LogP contribution < -0.4 is 0 Å². The van der Waals surface area contributed by atoms with Crippen molar-refractivity contribution in [2.75, 3.05) is 0 Å². The number of aliphatic imine (C=N–C) groups is 1. The first-order valence-corrected chi connectivity index (χ1v) is 7.97. The minimum Gasteiger partial charge on any atom is -0.480 e. The molecule has 0 spiro atoms. The van der Waals surface area contributed by atoms with E-state index in [2.05, 4.69) is 38.8 Å². The minimum atomic E-state index is -0.903. The van der Waals surface area contributed by atoms with E-state index in [-0.39, 0.29) is 5.41 Å². The van der Waals surface area contributed by atoms with Crippen LogP contribution >= 0.6 is 0 Å². The van der Waals surface area contributed by atoms with Crippen LogP contribution in [0.4, 0.5) is 0 Å². The lowest BCUT2D eigenvalue weighted by Crippen LogP contribution is -2.19.